The maximum atomic E-state index is 10.5. The topological polar surface area (TPSA) is 47.9 Å². The van der Waals surface area contributed by atoms with Gasteiger partial charge in [0.1, 0.15) is 12.2 Å². The lowest BCUT2D eigenvalue weighted by molar-refractivity contribution is -0.0565. The summed E-state index contributed by atoms with van der Waals surface area (Å²) in [5, 5.41) is 10.7. The summed E-state index contributed by atoms with van der Waals surface area (Å²) in [5.41, 5.74) is 0. The maximum Gasteiger partial charge on any atom is 0.192 e. The van der Waals surface area contributed by atoms with Crippen molar-refractivity contribution in [2.24, 2.45) is 0 Å². The Morgan fingerprint density at radius 3 is 1.75 bits per heavy atom. The molecule has 1 N–H and O–H groups in total. The highest BCUT2D eigenvalue weighted by Crippen LogP contribution is 2.44. The fourth-order valence-corrected chi connectivity index (χ4v) is 5.59. The van der Waals surface area contributed by atoms with Gasteiger partial charge in [0.15, 0.2) is 16.6 Å². The van der Waals surface area contributed by atoms with E-state index in [1.807, 2.05) is 6.08 Å². The van der Waals surface area contributed by atoms with Gasteiger partial charge in [0, 0.05) is 0 Å². The Labute approximate surface area is 176 Å². The Balaban J connectivity index is 3.30. The van der Waals surface area contributed by atoms with Crippen LogP contribution in [0.15, 0.2) is 12.7 Å². The van der Waals surface area contributed by atoms with Crippen LogP contribution in [0.25, 0.3) is 0 Å². The minimum absolute atomic E-state index is 0.0803. The van der Waals surface area contributed by atoms with Crippen LogP contribution in [0.2, 0.25) is 36.3 Å². The molecule has 1 fully saturated rings. The molecule has 5 atom stereocenters. The average molecular weight is 431 g/mol. The van der Waals surface area contributed by atoms with Gasteiger partial charge in [-0.2, -0.15) is 0 Å². The summed E-state index contributed by atoms with van der Waals surface area (Å²) in [6.07, 6.45) is 2.17. The Morgan fingerprint density at radius 2 is 1.39 bits per heavy atom. The molecular formula is C22H46O4Si2. The molecule has 0 unspecified atom stereocenters. The van der Waals surface area contributed by atoms with Crippen LogP contribution in [-0.2, 0) is 13.6 Å². The smallest absolute Gasteiger partial charge is 0.192 e. The Hall–Kier alpha value is 0.0138. The van der Waals surface area contributed by atoms with Crippen molar-refractivity contribution in [3.63, 3.8) is 0 Å². The van der Waals surface area contributed by atoms with Crippen LogP contribution < -0.4 is 0 Å². The predicted molar refractivity (Wildman–Crippen MR) is 124 cm³/mol. The third-order valence-electron chi connectivity index (χ3n) is 6.95. The molecule has 4 nitrogen and oxygen atoms in total. The van der Waals surface area contributed by atoms with Gasteiger partial charge in [-0.05, 0) is 56.0 Å². The number of rotatable bonds is 8. The van der Waals surface area contributed by atoms with Crippen LogP contribution in [0, 0.1) is 0 Å². The summed E-state index contributed by atoms with van der Waals surface area (Å²) in [5.74, 6) is 0. The third kappa shape index (κ3) is 6.02. The number of ether oxygens (including phenoxy) is 1. The lowest BCUT2D eigenvalue weighted by atomic mass is 10.0. The summed E-state index contributed by atoms with van der Waals surface area (Å²) in [7, 11) is -4.09. The van der Waals surface area contributed by atoms with Crippen LogP contribution in [0.4, 0.5) is 0 Å². The largest absolute Gasteiger partial charge is 0.409 e. The fourth-order valence-electron chi connectivity index (χ4n) is 2.97. The summed E-state index contributed by atoms with van der Waals surface area (Å²) in [4.78, 5) is 0. The summed E-state index contributed by atoms with van der Waals surface area (Å²) < 4.78 is 20.1. The third-order valence-corrected chi connectivity index (χ3v) is 15.9. The highest BCUT2D eigenvalue weighted by Gasteiger charge is 2.54. The minimum Gasteiger partial charge on any atom is -0.409 e. The first-order valence-electron chi connectivity index (χ1n) is 10.7. The number of hydrogen-bond donors (Lipinski definition) is 1. The van der Waals surface area contributed by atoms with E-state index in [1.165, 1.54) is 0 Å². The van der Waals surface area contributed by atoms with E-state index in [4.69, 9.17) is 13.6 Å². The van der Waals surface area contributed by atoms with Crippen molar-refractivity contribution in [2.45, 2.75) is 128 Å². The van der Waals surface area contributed by atoms with E-state index in [0.29, 0.717) is 0 Å². The normalized spacial score (nSPS) is 28.4. The first-order valence-corrected chi connectivity index (χ1v) is 16.6. The molecule has 0 aromatic rings. The van der Waals surface area contributed by atoms with Gasteiger partial charge in [-0.15, -0.1) is 6.58 Å². The van der Waals surface area contributed by atoms with Crippen molar-refractivity contribution in [3.05, 3.63) is 12.7 Å². The lowest BCUT2D eigenvalue weighted by Crippen LogP contribution is -2.55. The van der Waals surface area contributed by atoms with Crippen LogP contribution in [0.5, 0.6) is 0 Å². The van der Waals surface area contributed by atoms with Crippen LogP contribution >= 0.6 is 0 Å². The number of hydrogen-bond acceptors (Lipinski definition) is 4. The van der Waals surface area contributed by atoms with Gasteiger partial charge in [-0.25, -0.2) is 0 Å². The molecule has 0 bridgehead atoms. The quantitative estimate of drug-likeness (QED) is 0.386. The lowest BCUT2D eigenvalue weighted by Gasteiger charge is -2.44. The molecule has 0 aliphatic carbocycles. The zero-order valence-electron chi connectivity index (χ0n) is 20.3. The standard InChI is InChI=1S/C22H46O4Si2/c1-13-14-15-17-19(25-27(9,10)21(3,4)5)20(18(24-17)16(2)23)26-28(11,12)22(6,7)8/h13,16-20,23H,1,14-15H2,2-12H3/t16-,17-,18+,19+,20+/m1/s1. The van der Waals surface area contributed by atoms with Gasteiger partial charge in [-0.1, -0.05) is 47.6 Å². The first kappa shape index (κ1) is 26.0. The molecular weight excluding hydrogens is 384 g/mol. The second-order valence-electron chi connectivity index (χ2n) is 11.4. The van der Waals surface area contributed by atoms with Gasteiger partial charge in [-0.3, -0.25) is 0 Å². The van der Waals surface area contributed by atoms with Crippen LogP contribution in [-0.4, -0.2) is 52.3 Å². The van der Waals surface area contributed by atoms with E-state index in [1.54, 1.807) is 6.92 Å². The monoisotopic (exact) mass is 430 g/mol. The zero-order valence-corrected chi connectivity index (χ0v) is 22.3. The molecule has 166 valence electrons. The predicted octanol–water partition coefficient (Wildman–Crippen LogP) is 5.88. The molecule has 1 rings (SSSR count). The van der Waals surface area contributed by atoms with Gasteiger partial charge < -0.3 is 18.7 Å². The van der Waals surface area contributed by atoms with Crippen molar-refractivity contribution < 1.29 is 18.7 Å². The Bertz CT molecular complexity index is 518. The molecule has 0 spiro atoms. The van der Waals surface area contributed by atoms with E-state index in [9.17, 15) is 5.11 Å². The molecule has 1 aliphatic heterocycles. The van der Waals surface area contributed by atoms with Crippen molar-refractivity contribution in [1.29, 1.82) is 0 Å². The average Bonchev–Trinajstić information content (AvgIpc) is 2.80. The SMILES string of the molecule is C=CCC[C@H]1O[C@@H]([C@@H](C)O)[C@H](O[Si](C)(C)C(C)(C)C)[C@H]1O[Si](C)(C)C(C)(C)C. The second kappa shape index (κ2) is 9.02. The fraction of sp³-hybridized carbons (Fsp3) is 0.909. The minimum atomic E-state index is -2.06. The highest BCUT2D eigenvalue weighted by atomic mass is 28.4. The Kier molecular flexibility index (Phi) is 8.39. The van der Waals surface area contributed by atoms with E-state index in [2.05, 4.69) is 74.3 Å². The molecule has 1 aliphatic rings. The second-order valence-corrected chi connectivity index (χ2v) is 20.9. The van der Waals surface area contributed by atoms with Gasteiger partial charge in [0.05, 0.1) is 18.3 Å². The zero-order chi connectivity index (χ0) is 22.1. The summed E-state index contributed by atoms with van der Waals surface area (Å²) in [6.45, 7) is 28.2. The molecule has 0 aromatic heterocycles. The van der Waals surface area contributed by atoms with Crippen LogP contribution in [0.3, 0.4) is 0 Å². The van der Waals surface area contributed by atoms with E-state index in [0.717, 1.165) is 12.8 Å². The molecule has 0 aromatic carbocycles. The van der Waals surface area contributed by atoms with Crippen molar-refractivity contribution in [1.82, 2.24) is 0 Å². The maximum absolute atomic E-state index is 10.5. The van der Waals surface area contributed by atoms with Crippen LogP contribution in [0.1, 0.15) is 61.3 Å². The van der Waals surface area contributed by atoms with Gasteiger partial charge in [0.2, 0.25) is 0 Å². The molecule has 28 heavy (non-hydrogen) atoms. The summed E-state index contributed by atoms with van der Waals surface area (Å²) >= 11 is 0. The molecule has 0 amide bonds. The Morgan fingerprint density at radius 1 is 0.964 bits per heavy atom. The number of aliphatic hydroxyl groups is 1. The summed E-state index contributed by atoms with van der Waals surface area (Å²) in [6, 6.07) is 0. The molecule has 1 heterocycles. The van der Waals surface area contributed by atoms with E-state index < -0.39 is 22.7 Å². The van der Waals surface area contributed by atoms with Gasteiger partial charge >= 0.3 is 0 Å². The number of allylic oxidation sites excluding steroid dienone is 1. The van der Waals surface area contributed by atoms with E-state index >= 15 is 0 Å². The molecule has 0 radical (unpaired) electrons. The number of aliphatic hydroxyl groups excluding tert-OH is 1. The van der Waals surface area contributed by atoms with Crippen molar-refractivity contribution in [2.75, 3.05) is 0 Å². The highest BCUT2D eigenvalue weighted by molar-refractivity contribution is 6.74. The van der Waals surface area contributed by atoms with E-state index in [-0.39, 0.29) is 34.5 Å². The molecule has 0 saturated carbocycles. The molecule has 1 saturated heterocycles. The van der Waals surface area contributed by atoms with Crippen molar-refractivity contribution in [3.8, 4) is 0 Å². The first-order chi connectivity index (χ1) is 12.4. The van der Waals surface area contributed by atoms with Gasteiger partial charge in [0.25, 0.3) is 0 Å². The van der Waals surface area contributed by atoms with Crippen molar-refractivity contribution >= 4 is 16.6 Å². The molecule has 6 heteroatoms.